The Hall–Kier alpha value is -2.15. The highest BCUT2D eigenvalue weighted by atomic mass is 32.2. The van der Waals surface area contributed by atoms with Gasteiger partial charge in [0, 0.05) is 12.2 Å². The highest BCUT2D eigenvalue weighted by molar-refractivity contribution is 7.91. The van der Waals surface area contributed by atoms with Crippen LogP contribution in [0.15, 0.2) is 41.1 Å². The summed E-state index contributed by atoms with van der Waals surface area (Å²) in [7, 11) is -2.90. The normalized spacial score (nSPS) is 18.7. The van der Waals surface area contributed by atoms with E-state index >= 15 is 0 Å². The Morgan fingerprint density at radius 3 is 2.73 bits per heavy atom. The molecule has 0 unspecified atom stereocenters. The number of aromatic nitrogens is 3. The summed E-state index contributed by atoms with van der Waals surface area (Å²) in [6.45, 7) is 0. The van der Waals surface area contributed by atoms with E-state index in [0.717, 1.165) is 11.2 Å². The average molecular weight is 317 g/mol. The van der Waals surface area contributed by atoms with Gasteiger partial charge >= 0.3 is 0 Å². The zero-order chi connectivity index (χ0) is 15.2. The highest BCUT2D eigenvalue weighted by Crippen LogP contribution is 2.33. The van der Waals surface area contributed by atoms with Crippen LogP contribution in [0.3, 0.4) is 0 Å². The van der Waals surface area contributed by atoms with E-state index < -0.39 is 9.84 Å². The van der Waals surface area contributed by atoms with Crippen LogP contribution in [0.2, 0.25) is 0 Å². The number of hydrogen-bond acceptors (Lipinski definition) is 5. The molecular weight excluding hydrogens is 302 g/mol. The lowest BCUT2D eigenvalue weighted by molar-refractivity contribution is 0.455. The number of fused-ring (bicyclic) bond motifs is 1. The van der Waals surface area contributed by atoms with E-state index in [2.05, 4.69) is 9.97 Å². The molecule has 0 aliphatic carbocycles. The van der Waals surface area contributed by atoms with Crippen molar-refractivity contribution in [3.63, 3.8) is 0 Å². The quantitative estimate of drug-likeness (QED) is 0.725. The molecule has 7 heteroatoms. The first-order chi connectivity index (χ1) is 10.6. The predicted octanol–water partition coefficient (Wildman–Crippen LogP) is 2.44. The number of imidazole rings is 1. The smallest absolute Gasteiger partial charge is 0.178 e. The molecule has 3 aromatic heterocycles. The molecule has 1 aliphatic rings. The summed E-state index contributed by atoms with van der Waals surface area (Å²) in [6, 6.07) is 7.50. The molecule has 1 saturated heterocycles. The van der Waals surface area contributed by atoms with E-state index in [0.29, 0.717) is 24.4 Å². The van der Waals surface area contributed by atoms with Crippen molar-refractivity contribution in [2.75, 3.05) is 11.5 Å². The highest BCUT2D eigenvalue weighted by Gasteiger charge is 2.29. The molecule has 0 amide bonds. The van der Waals surface area contributed by atoms with Crippen LogP contribution in [0.25, 0.3) is 22.7 Å². The maximum absolute atomic E-state index is 11.7. The molecule has 4 rings (SSSR count). The van der Waals surface area contributed by atoms with E-state index in [1.54, 1.807) is 12.5 Å². The van der Waals surface area contributed by atoms with E-state index in [9.17, 15) is 8.42 Å². The summed E-state index contributed by atoms with van der Waals surface area (Å²) in [5.74, 6) is 1.80. The van der Waals surface area contributed by atoms with Gasteiger partial charge < -0.3 is 8.98 Å². The molecule has 0 aromatic carbocycles. The first-order valence-electron chi connectivity index (χ1n) is 7.21. The van der Waals surface area contributed by atoms with Crippen LogP contribution in [-0.2, 0) is 9.84 Å². The van der Waals surface area contributed by atoms with E-state index in [1.165, 1.54) is 0 Å². The van der Waals surface area contributed by atoms with Gasteiger partial charge in [0.15, 0.2) is 17.2 Å². The number of rotatable bonds is 2. The Bertz CT molecular complexity index is 899. The summed E-state index contributed by atoms with van der Waals surface area (Å²) < 4.78 is 30.9. The Morgan fingerprint density at radius 2 is 2.00 bits per heavy atom. The maximum atomic E-state index is 11.7. The van der Waals surface area contributed by atoms with Crippen LogP contribution in [0.4, 0.5) is 0 Å². The third kappa shape index (κ3) is 2.21. The minimum absolute atomic E-state index is 0.0727. The van der Waals surface area contributed by atoms with Crippen LogP contribution in [0.1, 0.15) is 18.9 Å². The van der Waals surface area contributed by atoms with Gasteiger partial charge in [0.2, 0.25) is 0 Å². The zero-order valence-corrected chi connectivity index (χ0v) is 12.7. The molecule has 4 heterocycles. The van der Waals surface area contributed by atoms with Crippen molar-refractivity contribution in [1.82, 2.24) is 14.5 Å². The zero-order valence-electron chi connectivity index (χ0n) is 11.8. The molecule has 0 atom stereocenters. The van der Waals surface area contributed by atoms with Crippen LogP contribution in [0.5, 0.6) is 0 Å². The number of sulfone groups is 1. The Morgan fingerprint density at radius 1 is 1.18 bits per heavy atom. The molecule has 6 nitrogen and oxygen atoms in total. The Kier molecular flexibility index (Phi) is 3.04. The SMILES string of the molecule is O=S1(=O)CCC(n2c(-c3ccco3)nc3cccnc32)CC1. The molecular formula is C15H15N3O3S. The molecule has 0 saturated carbocycles. The molecule has 0 bridgehead atoms. The van der Waals surface area contributed by atoms with Crippen LogP contribution >= 0.6 is 0 Å². The second-order valence-electron chi connectivity index (χ2n) is 5.51. The first-order valence-corrected chi connectivity index (χ1v) is 9.03. The third-order valence-corrected chi connectivity index (χ3v) is 5.80. The van der Waals surface area contributed by atoms with Gasteiger partial charge in [-0.2, -0.15) is 0 Å². The fourth-order valence-electron chi connectivity index (χ4n) is 2.99. The van der Waals surface area contributed by atoms with E-state index in [4.69, 9.17) is 4.42 Å². The number of nitrogens with zero attached hydrogens (tertiary/aromatic N) is 3. The lowest BCUT2D eigenvalue weighted by Crippen LogP contribution is -2.26. The van der Waals surface area contributed by atoms with E-state index in [1.807, 2.05) is 28.8 Å². The Balaban J connectivity index is 1.86. The van der Waals surface area contributed by atoms with Crippen molar-refractivity contribution in [1.29, 1.82) is 0 Å². The van der Waals surface area contributed by atoms with E-state index in [-0.39, 0.29) is 17.5 Å². The first kappa shape index (κ1) is 13.5. The second kappa shape index (κ2) is 4.95. The van der Waals surface area contributed by atoms with Gasteiger partial charge in [0.05, 0.1) is 17.8 Å². The average Bonchev–Trinajstić information content (AvgIpc) is 3.14. The molecule has 22 heavy (non-hydrogen) atoms. The minimum Gasteiger partial charge on any atom is -0.461 e. The van der Waals surface area contributed by atoms with Crippen LogP contribution in [0, 0.1) is 0 Å². The topological polar surface area (TPSA) is 78.0 Å². The minimum atomic E-state index is -2.90. The van der Waals surface area contributed by atoms with Crippen molar-refractivity contribution in [3.8, 4) is 11.6 Å². The van der Waals surface area contributed by atoms with Gasteiger partial charge in [-0.25, -0.2) is 18.4 Å². The molecule has 3 aromatic rings. The predicted molar refractivity (Wildman–Crippen MR) is 82.2 cm³/mol. The van der Waals surface area contributed by atoms with Crippen molar-refractivity contribution in [3.05, 3.63) is 36.7 Å². The number of furan rings is 1. The van der Waals surface area contributed by atoms with Crippen LogP contribution < -0.4 is 0 Å². The molecule has 0 radical (unpaired) electrons. The standard InChI is InChI=1S/C15H15N3O3S/c19-22(20)9-5-11(6-10-22)18-14-12(3-1-7-16-14)17-15(18)13-4-2-8-21-13/h1-4,7-8,11H,5-6,9-10H2. The second-order valence-corrected chi connectivity index (χ2v) is 7.82. The molecule has 1 fully saturated rings. The van der Waals surface area contributed by atoms with Gasteiger partial charge in [0.1, 0.15) is 15.4 Å². The third-order valence-electron chi connectivity index (χ3n) is 4.08. The summed E-state index contributed by atoms with van der Waals surface area (Å²) in [5, 5.41) is 0. The molecule has 0 spiro atoms. The van der Waals surface area contributed by atoms with Gasteiger partial charge in [-0.3, -0.25) is 0 Å². The fraction of sp³-hybridized carbons (Fsp3) is 0.333. The number of hydrogen-bond donors (Lipinski definition) is 0. The lowest BCUT2D eigenvalue weighted by Gasteiger charge is -2.24. The summed E-state index contributed by atoms with van der Waals surface area (Å²) >= 11 is 0. The largest absolute Gasteiger partial charge is 0.461 e. The summed E-state index contributed by atoms with van der Waals surface area (Å²) in [6.07, 6.45) is 4.50. The fourth-order valence-corrected chi connectivity index (χ4v) is 4.46. The maximum Gasteiger partial charge on any atom is 0.178 e. The van der Waals surface area contributed by atoms with Gasteiger partial charge in [-0.1, -0.05) is 0 Å². The lowest BCUT2D eigenvalue weighted by atomic mass is 10.1. The van der Waals surface area contributed by atoms with Gasteiger partial charge in [0.25, 0.3) is 0 Å². The van der Waals surface area contributed by atoms with Crippen molar-refractivity contribution < 1.29 is 12.8 Å². The van der Waals surface area contributed by atoms with Gasteiger partial charge in [-0.15, -0.1) is 0 Å². The molecule has 0 N–H and O–H groups in total. The van der Waals surface area contributed by atoms with Crippen molar-refractivity contribution in [2.24, 2.45) is 0 Å². The van der Waals surface area contributed by atoms with Crippen molar-refractivity contribution in [2.45, 2.75) is 18.9 Å². The van der Waals surface area contributed by atoms with Gasteiger partial charge in [-0.05, 0) is 37.1 Å². The van der Waals surface area contributed by atoms with Crippen molar-refractivity contribution >= 4 is 21.0 Å². The number of pyridine rings is 1. The summed E-state index contributed by atoms with van der Waals surface area (Å²) in [4.78, 5) is 9.06. The van der Waals surface area contributed by atoms with Crippen LogP contribution in [-0.4, -0.2) is 34.5 Å². The summed E-state index contributed by atoms with van der Waals surface area (Å²) in [5.41, 5.74) is 1.57. The monoisotopic (exact) mass is 317 g/mol. The molecule has 1 aliphatic heterocycles. The Labute approximate surface area is 127 Å². The molecule has 114 valence electrons.